The molecule has 0 aliphatic heterocycles. The number of aryl methyl sites for hydroxylation is 1. The molecule has 0 saturated heterocycles. The van der Waals surface area contributed by atoms with Gasteiger partial charge in [-0.15, -0.1) is 0 Å². The fourth-order valence-corrected chi connectivity index (χ4v) is 11.1. The zero-order valence-corrected chi connectivity index (χ0v) is 40.9. The Balaban J connectivity index is 1.38. The molecule has 0 aromatic heterocycles. The molecule has 8 rings (SSSR count). The minimum atomic E-state index is 0.0515. The normalized spacial score (nSPS) is 20.2. The number of nitrogens with zero attached hydrogens (tertiary/aromatic N) is 1. The molecule has 5 aromatic carbocycles. The maximum Gasteiger partial charge on any atom is 0.0543 e. The molecule has 61 heavy (non-hydrogen) atoms. The number of nitrogens with one attached hydrogen (secondary N) is 1. The van der Waals surface area contributed by atoms with Gasteiger partial charge in [-0.05, 0) is 188 Å². The van der Waals surface area contributed by atoms with E-state index in [1.54, 1.807) is 0 Å². The van der Waals surface area contributed by atoms with Crippen LogP contribution < -0.4 is 10.2 Å². The van der Waals surface area contributed by atoms with Crippen LogP contribution in [0.15, 0.2) is 91.0 Å². The monoisotopic (exact) mass is 813 g/mol. The summed E-state index contributed by atoms with van der Waals surface area (Å²) >= 11 is 0. The van der Waals surface area contributed by atoms with E-state index in [2.05, 4.69) is 212 Å². The molecule has 5 aromatic rings. The molecule has 3 aliphatic rings. The highest BCUT2D eigenvalue weighted by molar-refractivity contribution is 5.91. The van der Waals surface area contributed by atoms with Gasteiger partial charge in [0, 0.05) is 28.3 Å². The van der Waals surface area contributed by atoms with Crippen LogP contribution in [0.3, 0.4) is 0 Å². The van der Waals surface area contributed by atoms with Gasteiger partial charge in [-0.3, -0.25) is 0 Å². The van der Waals surface area contributed by atoms with E-state index >= 15 is 0 Å². The molecule has 0 saturated carbocycles. The topological polar surface area (TPSA) is 15.3 Å². The van der Waals surface area contributed by atoms with E-state index in [1.165, 1.54) is 111 Å². The fraction of sp³-hybridized carbons (Fsp3) is 0.492. The van der Waals surface area contributed by atoms with Gasteiger partial charge in [-0.1, -0.05) is 140 Å². The predicted octanol–water partition coefficient (Wildman–Crippen LogP) is 17.2. The first-order chi connectivity index (χ1) is 28.2. The fourth-order valence-electron chi connectivity index (χ4n) is 11.1. The standard InChI is InChI=1S/C59H76N2/c1-38-31-42(60-41-21-23-46-48(34-41)56(9,10)27-25-54(46,5)6)33-44(32-38)61(43-22-24-47-49(35-43)57(11,12)28-26-55(47,7)8)52-37-51-50(58(13,14)29-30-59(51,15)16)36-45(52)39-17-19-40(20-18-39)53(2,3)4/h17-24,31-37,60H,25-30H2,1-16H3. The molecule has 0 fully saturated rings. The lowest BCUT2D eigenvalue weighted by Crippen LogP contribution is -2.34. The van der Waals surface area contributed by atoms with Gasteiger partial charge in [0.1, 0.15) is 0 Å². The Morgan fingerprint density at radius 2 is 0.885 bits per heavy atom. The zero-order valence-electron chi connectivity index (χ0n) is 40.9. The highest BCUT2D eigenvalue weighted by Gasteiger charge is 2.41. The molecule has 3 aliphatic carbocycles. The highest BCUT2D eigenvalue weighted by Crippen LogP contribution is 2.54. The van der Waals surface area contributed by atoms with Crippen molar-refractivity contribution in [3.8, 4) is 11.1 Å². The molecule has 2 nitrogen and oxygen atoms in total. The Morgan fingerprint density at radius 3 is 1.41 bits per heavy atom. The summed E-state index contributed by atoms with van der Waals surface area (Å²) in [6.07, 6.45) is 7.14. The van der Waals surface area contributed by atoms with Gasteiger partial charge in [-0.2, -0.15) is 0 Å². The van der Waals surface area contributed by atoms with Crippen molar-refractivity contribution >= 4 is 28.4 Å². The summed E-state index contributed by atoms with van der Waals surface area (Å²) in [4.78, 5) is 2.61. The third-order valence-electron chi connectivity index (χ3n) is 15.8. The average Bonchev–Trinajstić information content (AvgIpc) is 3.17. The maximum absolute atomic E-state index is 3.95. The second kappa shape index (κ2) is 14.4. The van der Waals surface area contributed by atoms with E-state index in [4.69, 9.17) is 0 Å². The molecule has 0 bridgehead atoms. The van der Waals surface area contributed by atoms with Crippen molar-refractivity contribution in [1.82, 2.24) is 0 Å². The molecule has 0 amide bonds. The Bertz CT molecular complexity index is 2490. The Morgan fingerprint density at radius 1 is 0.426 bits per heavy atom. The van der Waals surface area contributed by atoms with Crippen molar-refractivity contribution in [2.45, 2.75) is 187 Å². The maximum atomic E-state index is 3.95. The van der Waals surface area contributed by atoms with E-state index < -0.39 is 0 Å². The van der Waals surface area contributed by atoms with E-state index in [1.807, 2.05) is 0 Å². The molecule has 0 radical (unpaired) electrons. The van der Waals surface area contributed by atoms with Crippen molar-refractivity contribution in [2.24, 2.45) is 0 Å². The van der Waals surface area contributed by atoms with E-state index in [9.17, 15) is 0 Å². The molecule has 0 spiro atoms. The SMILES string of the molecule is Cc1cc(Nc2ccc3c(c2)C(C)(C)CCC3(C)C)cc(N(c2ccc3c(c2)C(C)(C)CCC3(C)C)c2cc3c(cc2-c2ccc(C(C)(C)C)cc2)C(C)(C)CCC3(C)C)c1. The minimum absolute atomic E-state index is 0.0515. The molecule has 0 atom stereocenters. The van der Waals surface area contributed by atoms with Gasteiger partial charge in [0.15, 0.2) is 0 Å². The van der Waals surface area contributed by atoms with Crippen LogP contribution in [0.2, 0.25) is 0 Å². The number of anilines is 5. The predicted molar refractivity (Wildman–Crippen MR) is 266 cm³/mol. The second-order valence-corrected chi connectivity index (χ2v) is 24.6. The largest absolute Gasteiger partial charge is 0.355 e. The number of benzene rings is 5. The van der Waals surface area contributed by atoms with Gasteiger partial charge in [0.05, 0.1) is 5.69 Å². The van der Waals surface area contributed by atoms with Crippen molar-refractivity contribution in [1.29, 1.82) is 0 Å². The summed E-state index contributed by atoms with van der Waals surface area (Å²) in [5, 5.41) is 3.95. The first-order valence-electron chi connectivity index (χ1n) is 23.5. The van der Waals surface area contributed by atoms with Crippen LogP contribution in [0.1, 0.15) is 187 Å². The molecular formula is C59H76N2. The van der Waals surface area contributed by atoms with Crippen LogP contribution in [0.25, 0.3) is 11.1 Å². The quantitative estimate of drug-likeness (QED) is 0.184. The van der Waals surface area contributed by atoms with Gasteiger partial charge in [0.25, 0.3) is 0 Å². The van der Waals surface area contributed by atoms with Gasteiger partial charge < -0.3 is 10.2 Å². The average molecular weight is 813 g/mol. The second-order valence-electron chi connectivity index (χ2n) is 24.6. The molecule has 1 N–H and O–H groups in total. The number of rotatable bonds is 6. The summed E-state index contributed by atoms with van der Waals surface area (Å²) in [5.41, 5.74) is 20.7. The van der Waals surface area contributed by atoms with E-state index in [0.29, 0.717) is 0 Å². The summed E-state index contributed by atoms with van der Waals surface area (Å²) in [6.45, 7) is 38.5. The number of fused-ring (bicyclic) bond motifs is 3. The zero-order chi connectivity index (χ0) is 44.3. The van der Waals surface area contributed by atoms with E-state index in [0.717, 1.165) is 11.4 Å². The highest BCUT2D eigenvalue weighted by atomic mass is 15.1. The van der Waals surface area contributed by atoms with Gasteiger partial charge in [0.2, 0.25) is 0 Å². The van der Waals surface area contributed by atoms with Crippen LogP contribution >= 0.6 is 0 Å². The van der Waals surface area contributed by atoms with Crippen molar-refractivity contribution in [3.63, 3.8) is 0 Å². The van der Waals surface area contributed by atoms with Crippen LogP contribution in [0.4, 0.5) is 28.4 Å². The van der Waals surface area contributed by atoms with Crippen molar-refractivity contribution < 1.29 is 0 Å². The van der Waals surface area contributed by atoms with Crippen LogP contribution in [-0.2, 0) is 37.9 Å². The van der Waals surface area contributed by atoms with E-state index in [-0.39, 0.29) is 37.9 Å². The summed E-state index contributed by atoms with van der Waals surface area (Å²) < 4.78 is 0. The van der Waals surface area contributed by atoms with Gasteiger partial charge >= 0.3 is 0 Å². The van der Waals surface area contributed by atoms with Gasteiger partial charge in [-0.25, -0.2) is 0 Å². The lowest BCUT2D eigenvalue weighted by atomic mass is 9.62. The minimum Gasteiger partial charge on any atom is -0.355 e. The third kappa shape index (κ3) is 7.89. The van der Waals surface area contributed by atoms with Crippen LogP contribution in [-0.4, -0.2) is 0 Å². The first kappa shape index (κ1) is 43.4. The molecule has 322 valence electrons. The lowest BCUT2D eigenvalue weighted by molar-refractivity contribution is 0.332. The molecule has 0 heterocycles. The number of hydrogen-bond donors (Lipinski definition) is 1. The Hall–Kier alpha value is -4.30. The molecule has 0 unspecified atom stereocenters. The van der Waals surface area contributed by atoms with Crippen molar-refractivity contribution in [2.75, 3.05) is 10.2 Å². The van der Waals surface area contributed by atoms with Crippen molar-refractivity contribution in [3.05, 3.63) is 136 Å². The summed E-state index contributed by atoms with van der Waals surface area (Å²) in [5.74, 6) is 0. The third-order valence-corrected chi connectivity index (χ3v) is 15.8. The van der Waals surface area contributed by atoms with Crippen LogP contribution in [0.5, 0.6) is 0 Å². The molecular weight excluding hydrogens is 737 g/mol. The van der Waals surface area contributed by atoms with Crippen LogP contribution in [0, 0.1) is 6.92 Å². The Kier molecular flexibility index (Phi) is 10.2. The Labute approximate surface area is 371 Å². The lowest BCUT2D eigenvalue weighted by Gasteiger charge is -2.44. The smallest absolute Gasteiger partial charge is 0.0543 e. The first-order valence-corrected chi connectivity index (χ1v) is 23.5. The molecule has 2 heteroatoms. The summed E-state index contributed by atoms with van der Waals surface area (Å²) in [7, 11) is 0. The number of hydrogen-bond acceptors (Lipinski definition) is 2. The summed E-state index contributed by atoms with van der Waals surface area (Å²) in [6, 6.07) is 36.4.